The van der Waals surface area contributed by atoms with Gasteiger partial charge in [0.25, 0.3) is 5.91 Å². The Hall–Kier alpha value is -2.62. The van der Waals surface area contributed by atoms with Crippen LogP contribution in [0.15, 0.2) is 59.8 Å². The van der Waals surface area contributed by atoms with Crippen LogP contribution >= 0.6 is 0 Å². The van der Waals surface area contributed by atoms with Crippen LogP contribution in [0.25, 0.3) is 0 Å². The van der Waals surface area contributed by atoms with Crippen LogP contribution in [0.5, 0.6) is 0 Å². The minimum atomic E-state index is -0.206. The summed E-state index contributed by atoms with van der Waals surface area (Å²) in [6, 6.07) is 17.5. The van der Waals surface area contributed by atoms with Crippen LogP contribution in [0, 0.1) is 6.92 Å². The standard InChI is InChI=1S/C17H16N2O2/c1-12-7-5-6-10-14(12)18-17(20)15-11-16(21-19-15)13-8-3-2-4-9-13/h2-10,16H,11H2,1H3,(H,18,20). The van der Waals surface area contributed by atoms with E-state index in [4.69, 9.17) is 4.84 Å². The number of nitrogens with zero attached hydrogens (tertiary/aromatic N) is 1. The molecule has 0 radical (unpaired) electrons. The van der Waals surface area contributed by atoms with Gasteiger partial charge in [-0.25, -0.2) is 0 Å². The Kier molecular flexibility index (Phi) is 3.69. The van der Waals surface area contributed by atoms with Crippen molar-refractivity contribution in [3.05, 3.63) is 65.7 Å². The molecule has 0 fully saturated rings. The van der Waals surface area contributed by atoms with Gasteiger partial charge in [0.15, 0.2) is 6.10 Å². The van der Waals surface area contributed by atoms with Crippen molar-refractivity contribution in [1.29, 1.82) is 0 Å². The van der Waals surface area contributed by atoms with E-state index in [0.29, 0.717) is 12.1 Å². The van der Waals surface area contributed by atoms with E-state index in [-0.39, 0.29) is 12.0 Å². The normalized spacial score (nSPS) is 17.0. The molecule has 1 N–H and O–H groups in total. The number of hydrogen-bond donors (Lipinski definition) is 1. The van der Waals surface area contributed by atoms with Crippen LogP contribution in [0.1, 0.15) is 23.7 Å². The second-order valence-corrected chi connectivity index (χ2v) is 5.02. The van der Waals surface area contributed by atoms with E-state index >= 15 is 0 Å². The lowest BCUT2D eigenvalue weighted by atomic mass is 10.0. The molecule has 1 aliphatic rings. The maximum absolute atomic E-state index is 12.2. The Bertz CT molecular complexity index is 680. The summed E-state index contributed by atoms with van der Waals surface area (Å²) in [5.74, 6) is -0.206. The number of nitrogens with one attached hydrogen (secondary N) is 1. The van der Waals surface area contributed by atoms with E-state index in [1.807, 2.05) is 61.5 Å². The highest BCUT2D eigenvalue weighted by molar-refractivity contribution is 6.43. The van der Waals surface area contributed by atoms with Crippen molar-refractivity contribution < 1.29 is 9.63 Å². The first kappa shape index (κ1) is 13.4. The average molecular weight is 280 g/mol. The summed E-state index contributed by atoms with van der Waals surface area (Å²) in [5.41, 5.74) is 3.27. The van der Waals surface area contributed by atoms with Gasteiger partial charge in [0.05, 0.1) is 0 Å². The van der Waals surface area contributed by atoms with Crippen LogP contribution in [0.2, 0.25) is 0 Å². The zero-order valence-electron chi connectivity index (χ0n) is 11.7. The number of benzene rings is 2. The van der Waals surface area contributed by atoms with E-state index in [1.54, 1.807) is 0 Å². The van der Waals surface area contributed by atoms with E-state index < -0.39 is 0 Å². The highest BCUT2D eigenvalue weighted by Gasteiger charge is 2.27. The largest absolute Gasteiger partial charge is 0.387 e. The predicted molar refractivity (Wildman–Crippen MR) is 82.1 cm³/mol. The van der Waals surface area contributed by atoms with Crippen molar-refractivity contribution in [3.8, 4) is 0 Å². The fourth-order valence-corrected chi connectivity index (χ4v) is 2.27. The summed E-state index contributed by atoms with van der Waals surface area (Å²) in [5, 5.41) is 6.80. The molecule has 1 unspecified atom stereocenters. The van der Waals surface area contributed by atoms with Crippen molar-refractivity contribution in [1.82, 2.24) is 0 Å². The SMILES string of the molecule is Cc1ccccc1NC(=O)C1=NOC(c2ccccc2)C1. The zero-order chi connectivity index (χ0) is 14.7. The summed E-state index contributed by atoms with van der Waals surface area (Å²) in [4.78, 5) is 17.6. The highest BCUT2D eigenvalue weighted by atomic mass is 16.6. The smallest absolute Gasteiger partial charge is 0.273 e. The third kappa shape index (κ3) is 2.94. The molecule has 4 heteroatoms. The monoisotopic (exact) mass is 280 g/mol. The second-order valence-electron chi connectivity index (χ2n) is 5.02. The molecule has 21 heavy (non-hydrogen) atoms. The van der Waals surface area contributed by atoms with Gasteiger partial charge in [-0.3, -0.25) is 4.79 Å². The molecule has 0 saturated heterocycles. The molecule has 3 rings (SSSR count). The summed E-state index contributed by atoms with van der Waals surface area (Å²) >= 11 is 0. The van der Waals surface area contributed by atoms with Crippen molar-refractivity contribution in [2.75, 3.05) is 5.32 Å². The van der Waals surface area contributed by atoms with E-state index in [2.05, 4.69) is 10.5 Å². The van der Waals surface area contributed by atoms with Crippen molar-refractivity contribution >= 4 is 17.3 Å². The van der Waals surface area contributed by atoms with Gasteiger partial charge >= 0.3 is 0 Å². The third-order valence-corrected chi connectivity index (χ3v) is 3.50. The zero-order valence-corrected chi connectivity index (χ0v) is 11.7. The lowest BCUT2D eigenvalue weighted by Crippen LogP contribution is -2.22. The Morgan fingerprint density at radius 2 is 1.86 bits per heavy atom. The van der Waals surface area contributed by atoms with Gasteiger partial charge < -0.3 is 10.2 Å². The summed E-state index contributed by atoms with van der Waals surface area (Å²) < 4.78 is 0. The molecule has 2 aromatic rings. The van der Waals surface area contributed by atoms with Crippen LogP contribution in [-0.2, 0) is 9.63 Å². The van der Waals surface area contributed by atoms with Gasteiger partial charge in [0, 0.05) is 12.1 Å². The van der Waals surface area contributed by atoms with Gasteiger partial charge in [-0.05, 0) is 24.1 Å². The van der Waals surface area contributed by atoms with Crippen molar-refractivity contribution in [2.24, 2.45) is 5.16 Å². The van der Waals surface area contributed by atoms with E-state index in [0.717, 1.165) is 16.8 Å². The molecule has 4 nitrogen and oxygen atoms in total. The molecule has 1 atom stereocenters. The molecule has 0 saturated carbocycles. The molecular formula is C17H16N2O2. The van der Waals surface area contributed by atoms with E-state index in [1.165, 1.54) is 0 Å². The average Bonchev–Trinajstić information content (AvgIpc) is 3.00. The van der Waals surface area contributed by atoms with Crippen LogP contribution in [-0.4, -0.2) is 11.6 Å². The highest BCUT2D eigenvalue weighted by Crippen LogP contribution is 2.27. The molecule has 106 valence electrons. The Balaban J connectivity index is 1.66. The van der Waals surface area contributed by atoms with Gasteiger partial charge in [-0.15, -0.1) is 0 Å². The minimum absolute atomic E-state index is 0.177. The van der Waals surface area contributed by atoms with Crippen molar-refractivity contribution in [2.45, 2.75) is 19.4 Å². The molecule has 0 spiro atoms. The Morgan fingerprint density at radius 3 is 2.62 bits per heavy atom. The second kappa shape index (κ2) is 5.79. The number of anilines is 1. The van der Waals surface area contributed by atoms with Crippen LogP contribution in [0.4, 0.5) is 5.69 Å². The summed E-state index contributed by atoms with van der Waals surface area (Å²) in [6.45, 7) is 1.95. The van der Waals surface area contributed by atoms with Gasteiger partial charge in [-0.1, -0.05) is 53.7 Å². The molecule has 0 aliphatic carbocycles. The van der Waals surface area contributed by atoms with E-state index in [9.17, 15) is 4.79 Å². The molecule has 1 heterocycles. The maximum atomic E-state index is 12.2. The quantitative estimate of drug-likeness (QED) is 0.936. The van der Waals surface area contributed by atoms with Gasteiger partial charge in [0.2, 0.25) is 0 Å². The predicted octanol–water partition coefficient (Wildman–Crippen LogP) is 3.45. The van der Waals surface area contributed by atoms with Gasteiger partial charge in [0.1, 0.15) is 5.71 Å². The minimum Gasteiger partial charge on any atom is -0.387 e. The maximum Gasteiger partial charge on any atom is 0.273 e. The fourth-order valence-electron chi connectivity index (χ4n) is 2.27. The molecule has 1 amide bonds. The number of rotatable bonds is 3. The third-order valence-electron chi connectivity index (χ3n) is 3.50. The molecule has 0 bridgehead atoms. The first-order chi connectivity index (χ1) is 10.2. The number of amides is 1. The topological polar surface area (TPSA) is 50.7 Å². The Morgan fingerprint density at radius 1 is 1.14 bits per heavy atom. The van der Waals surface area contributed by atoms with Crippen LogP contribution in [0.3, 0.4) is 0 Å². The van der Waals surface area contributed by atoms with Gasteiger partial charge in [-0.2, -0.15) is 0 Å². The molecule has 0 aromatic heterocycles. The summed E-state index contributed by atoms with van der Waals surface area (Å²) in [6.07, 6.45) is 0.311. The number of para-hydroxylation sites is 1. The number of oxime groups is 1. The first-order valence-corrected chi connectivity index (χ1v) is 6.88. The summed E-state index contributed by atoms with van der Waals surface area (Å²) in [7, 11) is 0. The first-order valence-electron chi connectivity index (χ1n) is 6.88. The number of carbonyl (C=O) groups is 1. The fraction of sp³-hybridized carbons (Fsp3) is 0.176. The molecule has 1 aliphatic heterocycles. The molecular weight excluding hydrogens is 264 g/mol. The Labute approximate surface area is 123 Å². The lowest BCUT2D eigenvalue weighted by Gasteiger charge is -2.08. The number of aryl methyl sites for hydroxylation is 1. The van der Waals surface area contributed by atoms with Crippen LogP contribution < -0.4 is 5.32 Å². The lowest BCUT2D eigenvalue weighted by molar-refractivity contribution is -0.110. The number of hydrogen-bond acceptors (Lipinski definition) is 3. The number of carbonyl (C=O) groups excluding carboxylic acids is 1. The van der Waals surface area contributed by atoms with Crippen molar-refractivity contribution in [3.63, 3.8) is 0 Å². The molecule has 2 aromatic carbocycles.